The molecule has 2 aliphatic rings. The summed E-state index contributed by atoms with van der Waals surface area (Å²) in [6, 6.07) is 7.55. The first-order valence-corrected chi connectivity index (χ1v) is 10.0. The minimum Gasteiger partial charge on any atom is -0.338 e. The second-order valence-corrected chi connectivity index (χ2v) is 8.05. The average Bonchev–Trinajstić information content (AvgIpc) is 3.24. The topological polar surface area (TPSA) is 67.2 Å². The van der Waals surface area contributed by atoms with E-state index in [4.69, 9.17) is 0 Å². The van der Waals surface area contributed by atoms with E-state index in [0.717, 1.165) is 37.7 Å². The lowest BCUT2D eigenvalue weighted by atomic mass is 9.94. The van der Waals surface area contributed by atoms with Crippen molar-refractivity contribution in [1.29, 1.82) is 0 Å². The predicted octanol–water partition coefficient (Wildman–Crippen LogP) is 2.25. The lowest BCUT2D eigenvalue weighted by molar-refractivity contribution is 0.0622. The molecule has 0 aliphatic carbocycles. The number of hydrogen-bond donors (Lipinski definition) is 0. The Morgan fingerprint density at radius 2 is 2.04 bits per heavy atom. The van der Waals surface area contributed by atoms with Gasteiger partial charge in [-0.3, -0.25) is 4.79 Å². The summed E-state index contributed by atoms with van der Waals surface area (Å²) in [7, 11) is 0. The Hall–Kier alpha value is -2.28. The van der Waals surface area contributed by atoms with Gasteiger partial charge in [-0.2, -0.15) is 0 Å². The Labute approximate surface area is 160 Å². The van der Waals surface area contributed by atoms with Crippen molar-refractivity contribution in [2.45, 2.75) is 32.6 Å². The van der Waals surface area contributed by atoms with E-state index in [1.165, 1.54) is 32.4 Å². The molecule has 27 heavy (non-hydrogen) atoms. The van der Waals surface area contributed by atoms with E-state index >= 15 is 0 Å². The summed E-state index contributed by atoms with van der Waals surface area (Å²) in [5, 5.41) is 11.2. The molecule has 0 N–H and O–H groups in total. The zero-order valence-corrected chi connectivity index (χ0v) is 16.0. The van der Waals surface area contributed by atoms with Crippen LogP contribution in [0.25, 0.3) is 5.69 Å². The lowest BCUT2D eigenvalue weighted by Gasteiger charge is -2.38. The minimum absolute atomic E-state index is 0.113. The van der Waals surface area contributed by atoms with Crippen LogP contribution in [0, 0.1) is 11.8 Å². The molecule has 1 atom stereocenters. The summed E-state index contributed by atoms with van der Waals surface area (Å²) >= 11 is 0. The molecular weight excluding hydrogens is 340 g/mol. The molecule has 0 radical (unpaired) electrons. The quantitative estimate of drug-likeness (QED) is 0.828. The maximum absolute atomic E-state index is 13.1. The summed E-state index contributed by atoms with van der Waals surface area (Å²) in [5.74, 6) is 1.55. The molecule has 0 bridgehead atoms. The van der Waals surface area contributed by atoms with E-state index in [-0.39, 0.29) is 5.91 Å². The van der Waals surface area contributed by atoms with Gasteiger partial charge >= 0.3 is 0 Å². The van der Waals surface area contributed by atoms with Crippen LogP contribution in [0.5, 0.6) is 0 Å². The fraction of sp³-hybridized carbons (Fsp3) is 0.600. The molecule has 2 aliphatic heterocycles. The number of tetrazole rings is 1. The SMILES string of the molecule is CC1CCN(C[C@H]2CCCN(C(=O)c3cccc(-n4cnnn4)c3)C2)CC1. The number of hydrogen-bond acceptors (Lipinski definition) is 5. The first-order valence-electron chi connectivity index (χ1n) is 10.0. The van der Waals surface area contributed by atoms with Crippen LogP contribution in [0.1, 0.15) is 43.0 Å². The molecule has 4 rings (SSSR count). The van der Waals surface area contributed by atoms with Gasteiger partial charge in [0, 0.05) is 25.2 Å². The number of rotatable bonds is 4. The molecule has 0 spiro atoms. The number of likely N-dealkylation sites (tertiary alicyclic amines) is 2. The van der Waals surface area contributed by atoms with Gasteiger partial charge in [0.2, 0.25) is 0 Å². The van der Waals surface area contributed by atoms with Gasteiger partial charge in [0.1, 0.15) is 6.33 Å². The number of benzene rings is 1. The van der Waals surface area contributed by atoms with Gasteiger partial charge in [0.25, 0.3) is 5.91 Å². The number of carbonyl (C=O) groups is 1. The van der Waals surface area contributed by atoms with Crippen molar-refractivity contribution in [2.24, 2.45) is 11.8 Å². The second-order valence-electron chi connectivity index (χ2n) is 8.05. The van der Waals surface area contributed by atoms with Crippen molar-refractivity contribution in [3.05, 3.63) is 36.2 Å². The Balaban J connectivity index is 1.39. The van der Waals surface area contributed by atoms with Crippen molar-refractivity contribution in [3.8, 4) is 5.69 Å². The van der Waals surface area contributed by atoms with Gasteiger partial charge in [0.05, 0.1) is 5.69 Å². The first kappa shape index (κ1) is 18.1. The monoisotopic (exact) mass is 368 g/mol. The van der Waals surface area contributed by atoms with Gasteiger partial charge in [-0.05, 0) is 79.2 Å². The van der Waals surface area contributed by atoms with Crippen LogP contribution < -0.4 is 0 Å². The molecule has 2 aromatic rings. The van der Waals surface area contributed by atoms with Crippen molar-refractivity contribution < 1.29 is 4.79 Å². The maximum atomic E-state index is 13.1. The van der Waals surface area contributed by atoms with Gasteiger partial charge in [-0.25, -0.2) is 4.68 Å². The van der Waals surface area contributed by atoms with Crippen LogP contribution in [0.2, 0.25) is 0 Å². The molecule has 1 amide bonds. The van der Waals surface area contributed by atoms with Crippen molar-refractivity contribution in [2.75, 3.05) is 32.7 Å². The highest BCUT2D eigenvalue weighted by molar-refractivity contribution is 5.94. The third-order valence-electron chi connectivity index (χ3n) is 5.91. The number of piperidine rings is 2. The molecule has 1 aromatic heterocycles. The van der Waals surface area contributed by atoms with Gasteiger partial charge in [-0.15, -0.1) is 5.10 Å². The highest BCUT2D eigenvalue weighted by Crippen LogP contribution is 2.23. The average molecular weight is 368 g/mol. The Bertz CT molecular complexity index is 754. The molecule has 7 heteroatoms. The normalized spacial score (nSPS) is 22.1. The summed E-state index contributed by atoms with van der Waals surface area (Å²) in [6.45, 7) is 7.60. The van der Waals surface area contributed by atoms with Crippen LogP contribution in [-0.4, -0.2) is 68.6 Å². The van der Waals surface area contributed by atoms with E-state index in [1.807, 2.05) is 29.2 Å². The Morgan fingerprint density at radius 3 is 2.81 bits per heavy atom. The second kappa shape index (κ2) is 8.17. The standard InChI is InChI=1S/C20H28N6O/c1-16-7-10-24(11-8-16)13-17-4-3-9-25(14-17)20(27)18-5-2-6-19(12-18)26-15-21-22-23-26/h2,5-6,12,15-17H,3-4,7-11,13-14H2,1H3/t17-/m1/s1. The fourth-order valence-electron chi connectivity index (χ4n) is 4.25. The number of aromatic nitrogens is 4. The molecule has 2 fully saturated rings. The fourth-order valence-corrected chi connectivity index (χ4v) is 4.25. The molecule has 7 nitrogen and oxygen atoms in total. The maximum Gasteiger partial charge on any atom is 0.253 e. The summed E-state index contributed by atoms with van der Waals surface area (Å²) in [6.07, 6.45) is 6.46. The van der Waals surface area contributed by atoms with Gasteiger partial charge < -0.3 is 9.80 Å². The predicted molar refractivity (Wildman–Crippen MR) is 103 cm³/mol. The van der Waals surface area contributed by atoms with E-state index in [9.17, 15) is 4.79 Å². The Morgan fingerprint density at radius 1 is 1.19 bits per heavy atom. The van der Waals surface area contributed by atoms with Crippen LogP contribution in [0.4, 0.5) is 0 Å². The molecular formula is C20H28N6O. The van der Waals surface area contributed by atoms with Crippen LogP contribution >= 0.6 is 0 Å². The Kier molecular flexibility index (Phi) is 5.48. The van der Waals surface area contributed by atoms with E-state index < -0.39 is 0 Å². The van der Waals surface area contributed by atoms with Crippen molar-refractivity contribution in [1.82, 2.24) is 30.0 Å². The highest BCUT2D eigenvalue weighted by Gasteiger charge is 2.27. The third kappa shape index (κ3) is 4.35. The first-order chi connectivity index (χ1) is 13.2. The van der Waals surface area contributed by atoms with Crippen molar-refractivity contribution in [3.63, 3.8) is 0 Å². The molecule has 1 aromatic carbocycles. The van der Waals surface area contributed by atoms with E-state index in [1.54, 1.807) is 11.0 Å². The largest absolute Gasteiger partial charge is 0.338 e. The van der Waals surface area contributed by atoms with Crippen LogP contribution in [0.15, 0.2) is 30.6 Å². The minimum atomic E-state index is 0.113. The molecule has 0 unspecified atom stereocenters. The van der Waals surface area contributed by atoms with E-state index in [2.05, 4.69) is 27.3 Å². The third-order valence-corrected chi connectivity index (χ3v) is 5.91. The highest BCUT2D eigenvalue weighted by atomic mass is 16.2. The zero-order valence-electron chi connectivity index (χ0n) is 16.0. The zero-order chi connectivity index (χ0) is 18.6. The molecule has 2 saturated heterocycles. The number of carbonyl (C=O) groups excluding carboxylic acids is 1. The molecule has 3 heterocycles. The van der Waals surface area contributed by atoms with Crippen molar-refractivity contribution >= 4 is 5.91 Å². The summed E-state index contributed by atoms with van der Waals surface area (Å²) in [5.41, 5.74) is 1.51. The lowest BCUT2D eigenvalue weighted by Crippen LogP contribution is -2.45. The molecule has 0 saturated carbocycles. The van der Waals surface area contributed by atoms with E-state index in [0.29, 0.717) is 11.5 Å². The van der Waals surface area contributed by atoms with Gasteiger partial charge in [0.15, 0.2) is 0 Å². The smallest absolute Gasteiger partial charge is 0.253 e. The summed E-state index contributed by atoms with van der Waals surface area (Å²) < 4.78 is 1.58. The molecule has 144 valence electrons. The van der Waals surface area contributed by atoms with Crippen LogP contribution in [0.3, 0.4) is 0 Å². The number of amides is 1. The van der Waals surface area contributed by atoms with Crippen LogP contribution in [-0.2, 0) is 0 Å². The number of nitrogens with zero attached hydrogens (tertiary/aromatic N) is 6. The van der Waals surface area contributed by atoms with Gasteiger partial charge in [-0.1, -0.05) is 13.0 Å². The summed E-state index contributed by atoms with van der Waals surface area (Å²) in [4.78, 5) is 17.7.